The number of methoxy groups -OCH3 is 1. The van der Waals surface area contributed by atoms with E-state index in [1.165, 1.54) is 17.7 Å². The number of morpholine rings is 1. The molecule has 5 heteroatoms. The van der Waals surface area contributed by atoms with Crippen molar-refractivity contribution in [2.75, 3.05) is 38.3 Å². The van der Waals surface area contributed by atoms with Gasteiger partial charge in [-0.3, -0.25) is 4.79 Å². The number of anilines is 1. The van der Waals surface area contributed by atoms with Crippen LogP contribution in [0.2, 0.25) is 0 Å². The molecule has 3 rings (SSSR count). The lowest BCUT2D eigenvalue weighted by Gasteiger charge is -2.32. The molecule has 1 aliphatic heterocycles. The van der Waals surface area contributed by atoms with Crippen molar-refractivity contribution in [3.05, 3.63) is 52.2 Å². The fraction of sp³-hybridized carbons (Fsp3) is 0.450. The molecule has 1 saturated heterocycles. The smallest absolute Gasteiger partial charge is 0.312 e. The second-order valence-corrected chi connectivity index (χ2v) is 7.83. The molecule has 1 aromatic heterocycles. The van der Waals surface area contributed by atoms with Gasteiger partial charge in [-0.15, -0.1) is 11.3 Å². The summed E-state index contributed by atoms with van der Waals surface area (Å²) in [5, 5.41) is 2.05. The number of hydrogen-bond acceptors (Lipinski definition) is 5. The van der Waals surface area contributed by atoms with Crippen LogP contribution in [0.1, 0.15) is 30.2 Å². The van der Waals surface area contributed by atoms with Gasteiger partial charge in [0, 0.05) is 29.6 Å². The van der Waals surface area contributed by atoms with E-state index in [0.717, 1.165) is 31.9 Å². The first-order valence-electron chi connectivity index (χ1n) is 8.58. The Kier molecular flexibility index (Phi) is 5.45. The molecule has 1 unspecified atom stereocenters. The zero-order chi connectivity index (χ0) is 17.9. The first-order chi connectivity index (χ1) is 12.0. The van der Waals surface area contributed by atoms with Crippen LogP contribution in [0, 0.1) is 5.41 Å². The average Bonchev–Trinajstić information content (AvgIpc) is 3.16. The van der Waals surface area contributed by atoms with Gasteiger partial charge in [-0.1, -0.05) is 18.2 Å². The van der Waals surface area contributed by atoms with Crippen molar-refractivity contribution in [3.63, 3.8) is 0 Å². The molecule has 0 N–H and O–H groups in total. The number of carbonyl (C=O) groups is 1. The molecule has 1 aromatic carbocycles. The van der Waals surface area contributed by atoms with Gasteiger partial charge in [0.25, 0.3) is 0 Å². The molecule has 25 heavy (non-hydrogen) atoms. The summed E-state index contributed by atoms with van der Waals surface area (Å²) in [5.74, 6) is -0.221. The maximum absolute atomic E-state index is 12.4. The van der Waals surface area contributed by atoms with Crippen LogP contribution in [0.5, 0.6) is 0 Å². The molecule has 0 aliphatic carbocycles. The number of hydrogen-bond donors (Lipinski definition) is 0. The molecule has 1 fully saturated rings. The molecule has 0 amide bonds. The highest BCUT2D eigenvalue weighted by Gasteiger charge is 2.40. The molecule has 134 valence electrons. The number of carbonyl (C=O) groups excluding carboxylic acids is 1. The Morgan fingerprint density at radius 2 is 1.88 bits per heavy atom. The Morgan fingerprint density at radius 3 is 2.44 bits per heavy atom. The van der Waals surface area contributed by atoms with Crippen molar-refractivity contribution in [3.8, 4) is 0 Å². The first kappa shape index (κ1) is 18.0. The van der Waals surface area contributed by atoms with Crippen LogP contribution in [0.15, 0.2) is 41.8 Å². The summed E-state index contributed by atoms with van der Waals surface area (Å²) in [6.45, 7) is 7.30. The Morgan fingerprint density at radius 1 is 1.20 bits per heavy atom. The van der Waals surface area contributed by atoms with Crippen molar-refractivity contribution in [1.82, 2.24) is 0 Å². The molecule has 0 radical (unpaired) electrons. The molecule has 4 nitrogen and oxygen atoms in total. The summed E-state index contributed by atoms with van der Waals surface area (Å²) in [4.78, 5) is 15.9. The lowest BCUT2D eigenvalue weighted by molar-refractivity contribution is -0.151. The average molecular weight is 359 g/mol. The third-order valence-corrected chi connectivity index (χ3v) is 5.80. The lowest BCUT2D eigenvalue weighted by Crippen LogP contribution is -2.36. The van der Waals surface area contributed by atoms with E-state index < -0.39 is 5.41 Å². The first-order valence-corrected chi connectivity index (χ1v) is 9.46. The largest absolute Gasteiger partial charge is 0.469 e. The van der Waals surface area contributed by atoms with E-state index in [1.54, 1.807) is 11.3 Å². The highest BCUT2D eigenvalue weighted by Crippen LogP contribution is 2.43. The SMILES string of the molecule is COC(=O)C(C)(C)C(c1ccc(N2CCOCC2)cc1)c1cccs1. The van der Waals surface area contributed by atoms with Crippen molar-refractivity contribution >= 4 is 23.0 Å². The van der Waals surface area contributed by atoms with Crippen LogP contribution in [0.4, 0.5) is 5.69 Å². The van der Waals surface area contributed by atoms with E-state index in [9.17, 15) is 4.79 Å². The highest BCUT2D eigenvalue weighted by atomic mass is 32.1. The number of rotatable bonds is 5. The normalized spacial score (nSPS) is 16.5. The summed E-state index contributed by atoms with van der Waals surface area (Å²) in [7, 11) is 1.46. The van der Waals surface area contributed by atoms with Gasteiger partial charge in [0.2, 0.25) is 0 Å². The van der Waals surface area contributed by atoms with Gasteiger partial charge in [-0.05, 0) is 43.0 Å². The predicted molar refractivity (Wildman–Crippen MR) is 101 cm³/mol. The number of nitrogens with zero attached hydrogens (tertiary/aromatic N) is 1. The van der Waals surface area contributed by atoms with Gasteiger partial charge < -0.3 is 14.4 Å². The van der Waals surface area contributed by atoms with Crippen LogP contribution in [-0.4, -0.2) is 39.4 Å². The summed E-state index contributed by atoms with van der Waals surface area (Å²) >= 11 is 1.68. The van der Waals surface area contributed by atoms with Crippen LogP contribution < -0.4 is 4.90 Å². The number of ether oxygens (including phenoxy) is 2. The minimum Gasteiger partial charge on any atom is -0.469 e. The Balaban J connectivity index is 1.92. The zero-order valence-corrected chi connectivity index (χ0v) is 15.8. The van der Waals surface area contributed by atoms with E-state index in [1.807, 2.05) is 19.9 Å². The van der Waals surface area contributed by atoms with Gasteiger partial charge in [0.15, 0.2) is 0 Å². The number of benzene rings is 1. The summed E-state index contributed by atoms with van der Waals surface area (Å²) < 4.78 is 10.5. The minimum absolute atomic E-state index is 0.0290. The van der Waals surface area contributed by atoms with E-state index in [2.05, 4.69) is 40.6 Å². The quantitative estimate of drug-likeness (QED) is 0.759. The second-order valence-electron chi connectivity index (χ2n) is 6.85. The molecule has 0 bridgehead atoms. The van der Waals surface area contributed by atoms with Crippen molar-refractivity contribution < 1.29 is 14.3 Å². The minimum atomic E-state index is -0.639. The monoisotopic (exact) mass is 359 g/mol. The van der Waals surface area contributed by atoms with Crippen LogP contribution in [0.25, 0.3) is 0 Å². The van der Waals surface area contributed by atoms with Gasteiger partial charge in [-0.25, -0.2) is 0 Å². The highest BCUT2D eigenvalue weighted by molar-refractivity contribution is 7.10. The predicted octanol–water partition coefficient (Wildman–Crippen LogP) is 3.92. The molecule has 0 saturated carbocycles. The number of esters is 1. The fourth-order valence-electron chi connectivity index (χ4n) is 3.47. The van der Waals surface area contributed by atoms with E-state index in [4.69, 9.17) is 9.47 Å². The number of thiophene rings is 1. The topological polar surface area (TPSA) is 38.8 Å². The maximum atomic E-state index is 12.4. The Bertz CT molecular complexity index is 688. The fourth-order valence-corrected chi connectivity index (χ4v) is 4.51. The van der Waals surface area contributed by atoms with E-state index in [0.29, 0.717) is 0 Å². The molecule has 1 atom stereocenters. The Labute approximate surface area is 153 Å². The van der Waals surface area contributed by atoms with E-state index >= 15 is 0 Å². The molecule has 2 heterocycles. The summed E-state index contributed by atoms with van der Waals surface area (Å²) in [6.07, 6.45) is 0. The maximum Gasteiger partial charge on any atom is 0.312 e. The van der Waals surface area contributed by atoms with Crippen LogP contribution in [0.3, 0.4) is 0 Å². The molecule has 1 aliphatic rings. The van der Waals surface area contributed by atoms with Gasteiger partial charge >= 0.3 is 5.97 Å². The van der Waals surface area contributed by atoms with Crippen LogP contribution in [-0.2, 0) is 14.3 Å². The zero-order valence-electron chi connectivity index (χ0n) is 15.0. The van der Waals surface area contributed by atoms with Crippen molar-refractivity contribution in [2.45, 2.75) is 19.8 Å². The standard InChI is InChI=1S/C20H25NO3S/c1-20(2,19(22)23-3)18(17-5-4-14-25-17)15-6-8-16(9-7-15)21-10-12-24-13-11-21/h4-9,14,18H,10-13H2,1-3H3. The molecule has 2 aromatic rings. The van der Waals surface area contributed by atoms with Gasteiger partial charge in [0.1, 0.15) is 0 Å². The second kappa shape index (κ2) is 7.58. The molecule has 0 spiro atoms. The van der Waals surface area contributed by atoms with Gasteiger partial charge in [-0.2, -0.15) is 0 Å². The lowest BCUT2D eigenvalue weighted by atomic mass is 9.74. The van der Waals surface area contributed by atoms with E-state index in [-0.39, 0.29) is 11.9 Å². The van der Waals surface area contributed by atoms with Crippen LogP contribution >= 0.6 is 11.3 Å². The third kappa shape index (κ3) is 3.72. The van der Waals surface area contributed by atoms with Gasteiger partial charge in [0.05, 0.1) is 25.7 Å². The Hall–Kier alpha value is -1.85. The van der Waals surface area contributed by atoms with Crippen molar-refractivity contribution in [1.29, 1.82) is 0 Å². The summed E-state index contributed by atoms with van der Waals surface area (Å²) in [6, 6.07) is 12.7. The van der Waals surface area contributed by atoms with Crippen molar-refractivity contribution in [2.24, 2.45) is 5.41 Å². The third-order valence-electron chi connectivity index (χ3n) is 4.86. The summed E-state index contributed by atoms with van der Waals surface area (Å²) in [5.41, 5.74) is 1.70. The molecular weight excluding hydrogens is 334 g/mol. The molecular formula is C20H25NO3S.